The fraction of sp³-hybridized carbons (Fsp3) is 0.429. The number of rotatable bonds is 15. The Kier molecular flexibility index (Phi) is 16.0. The van der Waals surface area contributed by atoms with E-state index in [0.717, 1.165) is 0 Å². The molecule has 74 heavy (non-hydrogen) atoms. The Bertz CT molecular complexity index is 2930. The highest BCUT2D eigenvalue weighted by atomic mass is 16.5. The van der Waals surface area contributed by atoms with Crippen molar-refractivity contribution in [1.29, 1.82) is 0 Å². The van der Waals surface area contributed by atoms with Crippen LogP contribution in [0.5, 0.6) is 0 Å². The van der Waals surface area contributed by atoms with Crippen LogP contribution in [-0.4, -0.2) is 94.2 Å². The summed E-state index contributed by atoms with van der Waals surface area (Å²) < 4.78 is 34.8. The Morgan fingerprint density at radius 2 is 0.770 bits per heavy atom. The summed E-state index contributed by atoms with van der Waals surface area (Å²) in [4.78, 5) is 99.7. The van der Waals surface area contributed by atoms with Crippen LogP contribution in [-0.2, 0) is 18.9 Å². The lowest BCUT2D eigenvalue weighted by Crippen LogP contribution is -2.46. The van der Waals surface area contributed by atoms with Gasteiger partial charge in [0.25, 0.3) is 11.8 Å². The summed E-state index contributed by atoms with van der Waals surface area (Å²) >= 11 is 0. The van der Waals surface area contributed by atoms with Crippen LogP contribution in [0.25, 0.3) is 33.2 Å². The normalized spacial score (nSPS) is 12.1. The van der Waals surface area contributed by atoms with Crippen molar-refractivity contribution in [3.8, 4) is 11.4 Å². The maximum absolute atomic E-state index is 15.7. The number of esters is 4. The molecule has 0 aliphatic carbocycles. The van der Waals surface area contributed by atoms with Gasteiger partial charge in [0.05, 0.1) is 60.0 Å². The summed E-state index contributed by atoms with van der Waals surface area (Å²) in [6, 6.07) is 17.0. The first kappa shape index (κ1) is 55.6. The summed E-state index contributed by atoms with van der Waals surface area (Å²) in [6.45, 7) is 27.9. The Labute approximate surface area is 431 Å². The monoisotopic (exact) mass is 1020 g/mol. The van der Waals surface area contributed by atoms with Gasteiger partial charge in [-0.2, -0.15) is 0 Å². The van der Waals surface area contributed by atoms with Crippen molar-refractivity contribution in [3.63, 3.8) is 0 Å². The van der Waals surface area contributed by atoms with E-state index >= 15 is 9.59 Å². The second kappa shape index (κ2) is 21.4. The lowest BCUT2D eigenvalue weighted by molar-refractivity contribution is 0.0481. The number of carbonyl (C=O) groups excluding carboxylic acids is 6. The van der Waals surface area contributed by atoms with Gasteiger partial charge in [0.1, 0.15) is 22.3 Å². The average Bonchev–Trinajstić information content (AvgIpc) is 3.83. The average molecular weight is 1020 g/mol. The van der Waals surface area contributed by atoms with Crippen molar-refractivity contribution >= 4 is 81.0 Å². The van der Waals surface area contributed by atoms with Crippen LogP contribution in [0, 0.1) is 0 Å². The molecule has 0 aliphatic rings. The van der Waals surface area contributed by atoms with E-state index in [1.165, 1.54) is 9.80 Å². The maximum atomic E-state index is 15.7. The molecular weight excluding hydrogens is 949 g/mol. The maximum Gasteiger partial charge on any atom is 0.344 e. The molecular formula is C56H68N6O12. The lowest BCUT2D eigenvalue weighted by Gasteiger charge is -2.34. The van der Waals surface area contributed by atoms with Gasteiger partial charge in [-0.3, -0.25) is 19.4 Å². The number of nitrogens with one attached hydrogen (secondary N) is 2. The molecule has 2 N–H and O–H groups in total. The zero-order chi connectivity index (χ0) is 54.8. The molecule has 4 aromatic heterocycles. The van der Waals surface area contributed by atoms with Gasteiger partial charge in [0.2, 0.25) is 23.5 Å². The molecule has 2 amide bonds. The van der Waals surface area contributed by atoms with Crippen molar-refractivity contribution in [2.45, 2.75) is 133 Å². The molecule has 0 radical (unpaired) electrons. The van der Waals surface area contributed by atoms with Crippen molar-refractivity contribution in [1.82, 2.24) is 9.97 Å². The SMILES string of the molecule is CCOC(=O)c1c(NC(C)(C)C)oc(N(C(=O)c2cc(-c3cc(C(=O)N(c4oc(NC(C)(C)C)c(C(=O)OCC)c4C(=O)OCC)C(C)(C)C)c4ccccc4n3)nc3ccccc23)C(C)(C)C)c1C(=O)OCC. The van der Waals surface area contributed by atoms with E-state index in [1.54, 1.807) is 130 Å². The molecule has 18 heteroatoms. The number of aromatic nitrogens is 2. The molecule has 0 fully saturated rings. The van der Waals surface area contributed by atoms with E-state index in [0.29, 0.717) is 21.8 Å². The molecule has 0 saturated heterocycles. The molecule has 394 valence electrons. The number of furan rings is 2. The van der Waals surface area contributed by atoms with Crippen molar-refractivity contribution in [3.05, 3.63) is 94.0 Å². The fourth-order valence-electron chi connectivity index (χ4n) is 8.20. The fourth-order valence-corrected chi connectivity index (χ4v) is 8.20. The zero-order valence-corrected chi connectivity index (χ0v) is 45.3. The van der Waals surface area contributed by atoms with Crippen LogP contribution >= 0.6 is 0 Å². The first-order valence-electron chi connectivity index (χ1n) is 24.6. The quantitative estimate of drug-likeness (QED) is 0.0721. The van der Waals surface area contributed by atoms with Crippen LogP contribution in [0.15, 0.2) is 69.5 Å². The molecule has 0 spiro atoms. The van der Waals surface area contributed by atoms with Gasteiger partial charge < -0.3 is 38.4 Å². The summed E-state index contributed by atoms with van der Waals surface area (Å²) in [5.41, 5.74) is -3.38. The van der Waals surface area contributed by atoms with E-state index in [1.807, 2.05) is 41.5 Å². The number of hydrogen-bond acceptors (Lipinski definition) is 16. The summed E-state index contributed by atoms with van der Waals surface area (Å²) in [6.07, 6.45) is 0. The number of carbonyl (C=O) groups is 6. The summed E-state index contributed by atoms with van der Waals surface area (Å²) in [7, 11) is 0. The first-order chi connectivity index (χ1) is 34.6. The molecule has 6 rings (SSSR count). The van der Waals surface area contributed by atoms with E-state index in [9.17, 15) is 19.2 Å². The second-order valence-corrected chi connectivity index (χ2v) is 21.4. The van der Waals surface area contributed by atoms with E-state index in [2.05, 4.69) is 10.6 Å². The molecule has 18 nitrogen and oxygen atoms in total. The minimum Gasteiger partial charge on any atom is -0.462 e. The first-order valence-corrected chi connectivity index (χ1v) is 24.6. The van der Waals surface area contributed by atoms with E-state index in [4.69, 9.17) is 37.7 Å². The van der Waals surface area contributed by atoms with Gasteiger partial charge in [0, 0.05) is 32.9 Å². The van der Waals surface area contributed by atoms with Crippen molar-refractivity contribution in [2.75, 3.05) is 46.9 Å². The third kappa shape index (κ3) is 11.7. The van der Waals surface area contributed by atoms with Crippen LogP contribution in [0.4, 0.5) is 23.5 Å². The van der Waals surface area contributed by atoms with E-state index < -0.39 is 57.8 Å². The summed E-state index contributed by atoms with van der Waals surface area (Å²) in [5, 5.41) is 7.19. The van der Waals surface area contributed by atoms with Gasteiger partial charge in [-0.1, -0.05) is 36.4 Å². The zero-order valence-electron chi connectivity index (χ0n) is 45.3. The Balaban J connectivity index is 1.63. The lowest BCUT2D eigenvalue weighted by atomic mass is 9.98. The van der Waals surface area contributed by atoms with Crippen LogP contribution in [0.3, 0.4) is 0 Å². The Morgan fingerprint density at radius 1 is 0.473 bits per heavy atom. The number of ether oxygens (including phenoxy) is 4. The predicted octanol–water partition coefficient (Wildman–Crippen LogP) is 11.7. The number of fused-ring (bicyclic) bond motifs is 2. The highest BCUT2D eigenvalue weighted by molar-refractivity contribution is 6.20. The van der Waals surface area contributed by atoms with Crippen LogP contribution < -0.4 is 20.4 Å². The molecule has 0 saturated carbocycles. The minimum atomic E-state index is -1.13. The third-order valence-electron chi connectivity index (χ3n) is 11.0. The topological polar surface area (TPSA) is 222 Å². The molecule has 2 aromatic carbocycles. The molecule has 0 unspecified atom stereocenters. The Morgan fingerprint density at radius 3 is 1.05 bits per heavy atom. The molecule has 0 aliphatic heterocycles. The van der Waals surface area contributed by atoms with Crippen LogP contribution in [0.1, 0.15) is 173 Å². The van der Waals surface area contributed by atoms with Crippen molar-refractivity contribution in [2.24, 2.45) is 0 Å². The van der Waals surface area contributed by atoms with Gasteiger partial charge in [0.15, 0.2) is 0 Å². The largest absolute Gasteiger partial charge is 0.462 e. The number of hydrogen-bond donors (Lipinski definition) is 2. The number of amides is 2. The highest BCUT2D eigenvalue weighted by Gasteiger charge is 2.44. The smallest absolute Gasteiger partial charge is 0.344 e. The predicted molar refractivity (Wildman–Crippen MR) is 284 cm³/mol. The highest BCUT2D eigenvalue weighted by Crippen LogP contribution is 2.43. The number of benzene rings is 2. The van der Waals surface area contributed by atoms with E-state index in [-0.39, 0.29) is 94.7 Å². The van der Waals surface area contributed by atoms with Gasteiger partial charge in [-0.15, -0.1) is 0 Å². The molecule has 4 heterocycles. The minimum absolute atomic E-state index is 0.0155. The van der Waals surface area contributed by atoms with Gasteiger partial charge in [-0.25, -0.2) is 29.1 Å². The second-order valence-electron chi connectivity index (χ2n) is 21.4. The van der Waals surface area contributed by atoms with Crippen molar-refractivity contribution < 1.29 is 56.5 Å². The number of anilines is 4. The van der Waals surface area contributed by atoms with Gasteiger partial charge in [-0.05, 0) is 135 Å². The number of para-hydroxylation sites is 2. The summed E-state index contributed by atoms with van der Waals surface area (Å²) in [5.74, 6) is -5.56. The standard InChI is InChI=1S/C56H68N6O12/c1-17-69-49(65)39-41(51(67)71-19-3)47(73-43(39)59-53(5,6)7)61(55(11,12)13)45(63)33-29-37(57-35-27-23-21-25-31(33)35)38-30-34(32-26-22-24-28-36(32)58-38)46(64)62(56(14,15)16)48-42(52(68)72-20-4)40(50(66)70-18-2)44(74-48)60-54(8,9)10/h21-30,59-60H,17-20H2,1-16H3. The number of pyridine rings is 2. The van der Waals surface area contributed by atoms with Crippen LogP contribution in [0.2, 0.25) is 0 Å². The van der Waals surface area contributed by atoms with Gasteiger partial charge >= 0.3 is 23.9 Å². The molecule has 6 aromatic rings. The molecule has 0 atom stereocenters. The third-order valence-corrected chi connectivity index (χ3v) is 11.0. The number of nitrogens with zero attached hydrogens (tertiary/aromatic N) is 4. The molecule has 0 bridgehead atoms. The Hall–Kier alpha value is -7.76.